The van der Waals surface area contributed by atoms with Crippen LogP contribution in [0, 0.1) is 17.8 Å². The fraction of sp³-hybridized carbons (Fsp3) is 0.556. The van der Waals surface area contributed by atoms with Gasteiger partial charge in [-0.1, -0.05) is 6.07 Å². The van der Waals surface area contributed by atoms with Crippen molar-refractivity contribution in [3.8, 4) is 0 Å². The zero-order valence-electron chi connectivity index (χ0n) is 13.0. The van der Waals surface area contributed by atoms with Gasteiger partial charge >= 0.3 is 0 Å². The normalized spacial score (nSPS) is 30.8. The van der Waals surface area contributed by atoms with Crippen molar-refractivity contribution in [3.05, 3.63) is 32.0 Å². The third kappa shape index (κ3) is 2.51. The molecule has 2 aromatic rings. The first-order valence-electron chi connectivity index (χ1n) is 8.06. The van der Waals surface area contributed by atoms with E-state index in [0.717, 1.165) is 23.7 Å². The molecular weight excluding hydrogens is 422 g/mol. The summed E-state index contributed by atoms with van der Waals surface area (Å²) < 4.78 is 3.80. The van der Waals surface area contributed by atoms with Crippen LogP contribution < -0.4 is 0 Å². The Morgan fingerprint density at radius 3 is 2.73 bits per heavy atom. The van der Waals surface area contributed by atoms with Gasteiger partial charge in [0.05, 0.1) is 8.26 Å². The number of fused-ring (bicyclic) bond motifs is 3. The maximum Gasteiger partial charge on any atom is 0.0853 e. The van der Waals surface area contributed by atoms with Crippen LogP contribution in [0.25, 0.3) is 10.1 Å². The van der Waals surface area contributed by atoms with E-state index in [0.29, 0.717) is 0 Å². The lowest BCUT2D eigenvalue weighted by Gasteiger charge is -2.33. The Labute approximate surface area is 153 Å². The number of hydrogen-bond acceptors (Lipinski definition) is 2. The fourth-order valence-electron chi connectivity index (χ4n) is 4.88. The van der Waals surface area contributed by atoms with Gasteiger partial charge in [0.25, 0.3) is 0 Å². The maximum absolute atomic E-state index is 3.75. The lowest BCUT2D eigenvalue weighted by Crippen LogP contribution is -2.30. The molecule has 0 saturated heterocycles. The standard InChI is InChI=1S/C18H21Br2NS/c1-21(2)9-14-10-3-4-11(7-10)16(14)12-5-6-15-13(8-12)17(19)18(20)22-15/h5-6,8,10-11,14,16H,3-4,7,9H2,1-2H3. The molecule has 0 radical (unpaired) electrons. The van der Waals surface area contributed by atoms with Crippen molar-refractivity contribution in [1.82, 2.24) is 4.90 Å². The molecule has 0 aliphatic heterocycles. The first-order chi connectivity index (χ1) is 10.5. The average Bonchev–Trinajstić information content (AvgIpc) is 3.14. The number of benzene rings is 1. The summed E-state index contributed by atoms with van der Waals surface area (Å²) in [5.41, 5.74) is 1.57. The van der Waals surface area contributed by atoms with Gasteiger partial charge in [-0.2, -0.15) is 0 Å². The molecule has 1 aromatic heterocycles. The molecule has 2 aliphatic carbocycles. The quantitative estimate of drug-likeness (QED) is 0.553. The predicted molar refractivity (Wildman–Crippen MR) is 103 cm³/mol. The Bertz CT molecular complexity index is 708. The molecule has 0 N–H and O–H groups in total. The molecule has 2 bridgehead atoms. The monoisotopic (exact) mass is 441 g/mol. The fourth-order valence-corrected chi connectivity index (χ4v) is 7.12. The largest absolute Gasteiger partial charge is 0.309 e. The van der Waals surface area contributed by atoms with Crippen molar-refractivity contribution < 1.29 is 0 Å². The first-order valence-corrected chi connectivity index (χ1v) is 10.5. The van der Waals surface area contributed by atoms with E-state index in [9.17, 15) is 0 Å². The van der Waals surface area contributed by atoms with Gasteiger partial charge in [-0.25, -0.2) is 0 Å². The highest BCUT2D eigenvalue weighted by atomic mass is 79.9. The third-order valence-electron chi connectivity index (χ3n) is 5.66. The molecule has 1 aromatic carbocycles. The molecule has 4 rings (SSSR count). The third-order valence-corrected chi connectivity index (χ3v) is 9.12. The average molecular weight is 443 g/mol. The Balaban J connectivity index is 1.74. The molecular formula is C18H21Br2NS. The van der Waals surface area contributed by atoms with E-state index in [1.54, 1.807) is 5.56 Å². The summed E-state index contributed by atoms with van der Waals surface area (Å²) in [6, 6.07) is 7.17. The van der Waals surface area contributed by atoms with Crippen molar-refractivity contribution in [2.75, 3.05) is 20.6 Å². The van der Waals surface area contributed by atoms with Gasteiger partial charge < -0.3 is 4.90 Å². The molecule has 4 atom stereocenters. The van der Waals surface area contributed by atoms with E-state index in [1.165, 1.54) is 44.2 Å². The summed E-state index contributed by atoms with van der Waals surface area (Å²) in [4.78, 5) is 2.38. The van der Waals surface area contributed by atoms with E-state index < -0.39 is 0 Å². The highest BCUT2D eigenvalue weighted by Gasteiger charge is 2.47. The van der Waals surface area contributed by atoms with Gasteiger partial charge in [-0.3, -0.25) is 0 Å². The zero-order valence-corrected chi connectivity index (χ0v) is 17.0. The molecule has 118 valence electrons. The van der Waals surface area contributed by atoms with Gasteiger partial charge in [0.2, 0.25) is 0 Å². The van der Waals surface area contributed by atoms with Gasteiger partial charge in [-0.15, -0.1) is 11.3 Å². The number of thiophene rings is 1. The van der Waals surface area contributed by atoms with Crippen LogP contribution in [-0.2, 0) is 0 Å². The predicted octanol–water partition coefficient (Wildman–Crippen LogP) is 6.12. The molecule has 22 heavy (non-hydrogen) atoms. The Hall–Kier alpha value is 0.1000. The zero-order chi connectivity index (χ0) is 15.4. The van der Waals surface area contributed by atoms with E-state index >= 15 is 0 Å². The van der Waals surface area contributed by atoms with Gasteiger partial charge in [0.15, 0.2) is 0 Å². The van der Waals surface area contributed by atoms with E-state index in [2.05, 4.69) is 69.1 Å². The highest BCUT2D eigenvalue weighted by Crippen LogP contribution is 2.57. The van der Waals surface area contributed by atoms with Crippen LogP contribution >= 0.6 is 43.2 Å². The SMILES string of the molecule is CN(C)CC1C2CCC(C2)C1c1ccc2sc(Br)c(Br)c2c1. The molecule has 4 unspecified atom stereocenters. The first kappa shape index (κ1) is 15.6. The van der Waals surface area contributed by atoms with Crippen LogP contribution in [0.4, 0.5) is 0 Å². The number of rotatable bonds is 3. The minimum Gasteiger partial charge on any atom is -0.309 e. The minimum atomic E-state index is 0.760. The van der Waals surface area contributed by atoms with Crippen molar-refractivity contribution in [1.29, 1.82) is 0 Å². The summed E-state index contributed by atoms with van der Waals surface area (Å²) in [6.45, 7) is 1.23. The van der Waals surface area contributed by atoms with Crippen LogP contribution in [0.2, 0.25) is 0 Å². The lowest BCUT2D eigenvalue weighted by atomic mass is 9.75. The molecule has 2 fully saturated rings. The summed E-state index contributed by atoms with van der Waals surface area (Å²) in [6.07, 6.45) is 4.34. The smallest absolute Gasteiger partial charge is 0.0853 e. The van der Waals surface area contributed by atoms with Crippen LogP contribution in [0.15, 0.2) is 26.5 Å². The topological polar surface area (TPSA) is 3.24 Å². The second-order valence-corrected chi connectivity index (χ2v) is 10.4. The van der Waals surface area contributed by atoms with Crippen molar-refractivity contribution >= 4 is 53.3 Å². The molecule has 2 saturated carbocycles. The van der Waals surface area contributed by atoms with Gasteiger partial charge in [-0.05, 0) is 107 Å². The second kappa shape index (κ2) is 5.87. The van der Waals surface area contributed by atoms with Gasteiger partial charge in [0.1, 0.15) is 0 Å². The molecule has 4 heteroatoms. The van der Waals surface area contributed by atoms with Crippen LogP contribution in [-0.4, -0.2) is 25.5 Å². The van der Waals surface area contributed by atoms with E-state index in [4.69, 9.17) is 0 Å². The van der Waals surface area contributed by atoms with E-state index in [-0.39, 0.29) is 0 Å². The molecule has 1 heterocycles. The minimum absolute atomic E-state index is 0.760. The van der Waals surface area contributed by atoms with Gasteiger partial charge in [0, 0.05) is 16.6 Å². The number of nitrogens with zero attached hydrogens (tertiary/aromatic N) is 1. The summed E-state index contributed by atoms with van der Waals surface area (Å²) in [7, 11) is 4.44. The second-order valence-electron chi connectivity index (χ2n) is 7.23. The Morgan fingerprint density at radius 2 is 1.95 bits per heavy atom. The van der Waals surface area contributed by atoms with Crippen LogP contribution in [0.1, 0.15) is 30.7 Å². The number of halogens is 2. The lowest BCUT2D eigenvalue weighted by molar-refractivity contribution is 0.219. The highest BCUT2D eigenvalue weighted by molar-refractivity contribution is 9.13. The molecule has 2 aliphatic rings. The van der Waals surface area contributed by atoms with Crippen molar-refractivity contribution in [2.24, 2.45) is 17.8 Å². The molecule has 0 amide bonds. The maximum atomic E-state index is 3.75. The summed E-state index contributed by atoms with van der Waals surface area (Å²) in [5.74, 6) is 3.46. The molecule has 1 nitrogen and oxygen atoms in total. The Kier molecular flexibility index (Phi) is 4.17. The van der Waals surface area contributed by atoms with Crippen LogP contribution in [0.3, 0.4) is 0 Å². The summed E-state index contributed by atoms with van der Waals surface area (Å²) in [5, 5.41) is 1.38. The van der Waals surface area contributed by atoms with Crippen molar-refractivity contribution in [2.45, 2.75) is 25.2 Å². The number of hydrogen-bond donors (Lipinski definition) is 0. The Morgan fingerprint density at radius 1 is 1.18 bits per heavy atom. The van der Waals surface area contributed by atoms with Crippen LogP contribution in [0.5, 0.6) is 0 Å². The summed E-state index contributed by atoms with van der Waals surface area (Å²) >= 11 is 9.22. The van der Waals surface area contributed by atoms with E-state index in [1.807, 2.05) is 11.3 Å². The van der Waals surface area contributed by atoms with Crippen molar-refractivity contribution in [3.63, 3.8) is 0 Å². The molecule has 0 spiro atoms.